The van der Waals surface area contributed by atoms with Gasteiger partial charge in [0.1, 0.15) is 0 Å². The Morgan fingerprint density at radius 2 is 2.00 bits per heavy atom. The molecular weight excluding hydrogens is 283 g/mol. The number of allylic oxidation sites excluding steroid dienone is 5. The van der Waals surface area contributed by atoms with E-state index in [-0.39, 0.29) is 5.41 Å². The van der Waals surface area contributed by atoms with Gasteiger partial charge in [-0.05, 0) is 49.7 Å². The molecule has 116 valence electrons. The van der Waals surface area contributed by atoms with Crippen LogP contribution in [0.4, 0.5) is 0 Å². The Kier molecular flexibility index (Phi) is 5.11. The Bertz CT molecular complexity index is 565. The lowest BCUT2D eigenvalue weighted by atomic mass is 9.72. The molecule has 2 rings (SSSR count). The first kappa shape index (κ1) is 16.5. The van der Waals surface area contributed by atoms with Gasteiger partial charge in [0.05, 0.1) is 19.0 Å². The summed E-state index contributed by atoms with van der Waals surface area (Å²) in [5.74, 6) is 1.44. The number of hydrogen-bond acceptors (Lipinski definition) is 3. The van der Waals surface area contributed by atoms with E-state index < -0.39 is 7.60 Å². The van der Waals surface area contributed by atoms with Gasteiger partial charge >= 0.3 is 7.60 Å². The lowest BCUT2D eigenvalue weighted by Crippen LogP contribution is -2.19. The molecule has 1 aliphatic carbocycles. The fourth-order valence-electron chi connectivity index (χ4n) is 2.89. The standard InChI is InChI=1S/C17H25O3P/c1-14(9-13-21(18)19-11-12-20-21)7-8-16-15(2)6-5-10-17(16,3)4/h7-8,13H,5-6,10-12H2,1-4H3. The fourth-order valence-corrected chi connectivity index (χ4v) is 4.13. The molecule has 0 N–H and O–H groups in total. The monoisotopic (exact) mass is 308 g/mol. The third-order valence-corrected chi connectivity index (χ3v) is 5.65. The molecule has 2 aliphatic rings. The van der Waals surface area contributed by atoms with Gasteiger partial charge in [-0.2, -0.15) is 0 Å². The number of hydrogen-bond donors (Lipinski definition) is 0. The van der Waals surface area contributed by atoms with Gasteiger partial charge in [0.2, 0.25) is 0 Å². The van der Waals surface area contributed by atoms with E-state index >= 15 is 0 Å². The van der Waals surface area contributed by atoms with Crippen molar-refractivity contribution in [2.45, 2.75) is 47.0 Å². The summed E-state index contributed by atoms with van der Waals surface area (Å²) in [6.45, 7) is 9.54. The largest absolute Gasteiger partial charge is 0.361 e. The van der Waals surface area contributed by atoms with Crippen molar-refractivity contribution in [3.05, 3.63) is 40.4 Å². The summed E-state index contributed by atoms with van der Waals surface area (Å²) in [5.41, 5.74) is 7.05. The minimum Gasteiger partial charge on any atom is -0.303 e. The van der Waals surface area contributed by atoms with Crippen molar-refractivity contribution in [3.8, 4) is 0 Å². The second-order valence-corrected chi connectivity index (χ2v) is 8.28. The summed E-state index contributed by atoms with van der Waals surface area (Å²) in [5, 5.41) is 0. The van der Waals surface area contributed by atoms with Gasteiger partial charge < -0.3 is 9.05 Å². The molecule has 0 unspecified atom stereocenters. The summed E-state index contributed by atoms with van der Waals surface area (Å²) < 4.78 is 22.2. The molecule has 0 saturated carbocycles. The predicted molar refractivity (Wildman–Crippen MR) is 86.3 cm³/mol. The van der Waals surface area contributed by atoms with Crippen LogP contribution in [0.1, 0.15) is 47.0 Å². The SMILES string of the molecule is CC(=C=CP1(=O)OCCO1)C=CC1=C(C)CCCC1(C)C. The Morgan fingerprint density at radius 3 is 2.62 bits per heavy atom. The molecule has 4 heteroatoms. The van der Waals surface area contributed by atoms with E-state index in [2.05, 4.69) is 32.6 Å². The first-order chi connectivity index (χ1) is 9.82. The molecule has 1 saturated heterocycles. The first-order valence-corrected chi connectivity index (χ1v) is 9.15. The van der Waals surface area contributed by atoms with Crippen LogP contribution in [0, 0.1) is 5.41 Å². The summed E-state index contributed by atoms with van der Waals surface area (Å²) in [4.78, 5) is 0. The molecule has 21 heavy (non-hydrogen) atoms. The molecule has 0 spiro atoms. The van der Waals surface area contributed by atoms with Crippen LogP contribution in [0.25, 0.3) is 0 Å². The molecule has 1 fully saturated rings. The summed E-state index contributed by atoms with van der Waals surface area (Å²) in [6.07, 6.45) is 7.88. The third-order valence-electron chi connectivity index (χ3n) is 4.12. The second kappa shape index (κ2) is 6.50. The van der Waals surface area contributed by atoms with Crippen LogP contribution in [0.3, 0.4) is 0 Å². The van der Waals surface area contributed by atoms with Gasteiger partial charge in [0.25, 0.3) is 0 Å². The molecule has 1 aliphatic heterocycles. The molecule has 0 bridgehead atoms. The van der Waals surface area contributed by atoms with Gasteiger partial charge in [0, 0.05) is 0 Å². The zero-order valence-electron chi connectivity index (χ0n) is 13.4. The van der Waals surface area contributed by atoms with Crippen molar-refractivity contribution in [2.24, 2.45) is 5.41 Å². The summed E-state index contributed by atoms with van der Waals surface area (Å²) in [7, 11) is -3.02. The lowest BCUT2D eigenvalue weighted by molar-refractivity contribution is 0.364. The van der Waals surface area contributed by atoms with Gasteiger partial charge in [-0.1, -0.05) is 31.6 Å². The predicted octanol–water partition coefficient (Wildman–Crippen LogP) is 5.37. The highest BCUT2D eigenvalue weighted by Gasteiger charge is 2.27. The van der Waals surface area contributed by atoms with E-state index in [9.17, 15) is 4.57 Å². The zero-order chi connectivity index (χ0) is 15.5. The van der Waals surface area contributed by atoms with Crippen LogP contribution in [0.5, 0.6) is 0 Å². The molecule has 0 radical (unpaired) electrons. The Balaban J connectivity index is 2.16. The normalized spacial score (nSPS) is 24.2. The van der Waals surface area contributed by atoms with Gasteiger partial charge in [-0.3, -0.25) is 4.57 Å². The molecule has 0 aromatic carbocycles. The van der Waals surface area contributed by atoms with Crippen molar-refractivity contribution in [2.75, 3.05) is 13.2 Å². The van der Waals surface area contributed by atoms with Crippen LogP contribution >= 0.6 is 7.60 Å². The van der Waals surface area contributed by atoms with E-state index in [0.29, 0.717) is 13.2 Å². The van der Waals surface area contributed by atoms with Gasteiger partial charge in [-0.25, -0.2) is 0 Å². The van der Waals surface area contributed by atoms with Crippen molar-refractivity contribution in [1.82, 2.24) is 0 Å². The summed E-state index contributed by atoms with van der Waals surface area (Å²) >= 11 is 0. The van der Waals surface area contributed by atoms with Gasteiger partial charge in [0.15, 0.2) is 0 Å². The Hall–Kier alpha value is -0.850. The molecule has 0 atom stereocenters. The topological polar surface area (TPSA) is 35.5 Å². The van der Waals surface area contributed by atoms with Crippen LogP contribution < -0.4 is 0 Å². The minimum absolute atomic E-state index is 0.229. The molecule has 0 aromatic heterocycles. The fraction of sp³-hybridized carbons (Fsp3) is 0.588. The Labute approximate surface area is 127 Å². The van der Waals surface area contributed by atoms with Crippen LogP contribution in [0.2, 0.25) is 0 Å². The molecule has 3 nitrogen and oxygen atoms in total. The molecule has 0 amide bonds. The lowest BCUT2D eigenvalue weighted by Gasteiger charge is -2.32. The smallest absolute Gasteiger partial charge is 0.303 e. The molecular formula is C17H25O3P. The van der Waals surface area contributed by atoms with Crippen molar-refractivity contribution >= 4 is 7.60 Å². The zero-order valence-corrected chi connectivity index (χ0v) is 14.3. The molecule has 0 aromatic rings. The third kappa shape index (κ3) is 4.31. The van der Waals surface area contributed by atoms with Crippen LogP contribution in [-0.4, -0.2) is 13.2 Å². The number of rotatable bonds is 3. The average molecular weight is 308 g/mol. The van der Waals surface area contributed by atoms with Crippen LogP contribution in [0.15, 0.2) is 40.4 Å². The van der Waals surface area contributed by atoms with E-state index in [1.165, 1.54) is 36.2 Å². The summed E-state index contributed by atoms with van der Waals surface area (Å²) in [6, 6.07) is 0. The van der Waals surface area contributed by atoms with E-state index in [1.54, 1.807) is 0 Å². The maximum Gasteiger partial charge on any atom is 0.361 e. The van der Waals surface area contributed by atoms with Gasteiger partial charge in [-0.15, -0.1) is 5.73 Å². The highest BCUT2D eigenvalue weighted by atomic mass is 31.2. The van der Waals surface area contributed by atoms with E-state index in [1.807, 2.05) is 13.0 Å². The quantitative estimate of drug-likeness (QED) is 0.399. The van der Waals surface area contributed by atoms with Crippen molar-refractivity contribution in [1.29, 1.82) is 0 Å². The average Bonchev–Trinajstić information content (AvgIpc) is 2.83. The first-order valence-electron chi connectivity index (χ1n) is 7.54. The maximum absolute atomic E-state index is 12.0. The second-order valence-electron chi connectivity index (χ2n) is 6.43. The van der Waals surface area contributed by atoms with Crippen LogP contribution in [-0.2, 0) is 13.6 Å². The van der Waals surface area contributed by atoms with E-state index in [0.717, 1.165) is 5.57 Å². The van der Waals surface area contributed by atoms with Crippen molar-refractivity contribution in [3.63, 3.8) is 0 Å². The highest BCUT2D eigenvalue weighted by molar-refractivity contribution is 7.57. The highest BCUT2D eigenvalue weighted by Crippen LogP contribution is 2.52. The minimum atomic E-state index is -3.02. The van der Waals surface area contributed by atoms with Crippen molar-refractivity contribution < 1.29 is 13.6 Å². The Morgan fingerprint density at radius 1 is 1.33 bits per heavy atom. The van der Waals surface area contributed by atoms with E-state index in [4.69, 9.17) is 9.05 Å². The maximum atomic E-state index is 12.0. The molecule has 1 heterocycles.